The van der Waals surface area contributed by atoms with Crippen molar-refractivity contribution in [2.75, 3.05) is 13.2 Å². The summed E-state index contributed by atoms with van der Waals surface area (Å²) in [6.07, 6.45) is 0.554. The van der Waals surface area contributed by atoms with E-state index in [9.17, 15) is 19.1 Å². The van der Waals surface area contributed by atoms with Crippen LogP contribution in [0.15, 0.2) is 48.5 Å². The van der Waals surface area contributed by atoms with E-state index in [2.05, 4.69) is 5.32 Å². The molecule has 0 saturated carbocycles. The van der Waals surface area contributed by atoms with Crippen molar-refractivity contribution in [3.8, 4) is 5.75 Å². The molecular formula is C22H26FNO4. The highest BCUT2D eigenvalue weighted by Crippen LogP contribution is 2.16. The van der Waals surface area contributed by atoms with Gasteiger partial charge in [-0.25, -0.2) is 4.39 Å². The Morgan fingerprint density at radius 3 is 2.39 bits per heavy atom. The fourth-order valence-electron chi connectivity index (χ4n) is 2.90. The number of halogens is 1. The summed E-state index contributed by atoms with van der Waals surface area (Å²) in [6, 6.07) is 13.6. The molecule has 2 aromatic carbocycles. The summed E-state index contributed by atoms with van der Waals surface area (Å²) in [5.74, 6) is -2.09. The minimum atomic E-state index is -0.976. The van der Waals surface area contributed by atoms with Crippen molar-refractivity contribution in [2.45, 2.75) is 26.7 Å². The standard InChI is InChI=1S/C22H26FNO4/c1-3-28-19-10-8-16(9-11-19)13-18(22(26)27)14-24-21(25)15(2)12-17-6-4-5-7-20(17)23/h4-11,15,18H,3,12-14H2,1-2H3,(H,24,25)(H,26,27). The van der Waals surface area contributed by atoms with Crippen LogP contribution in [0.3, 0.4) is 0 Å². The van der Waals surface area contributed by atoms with Crippen molar-refractivity contribution in [1.82, 2.24) is 5.32 Å². The molecule has 0 aliphatic heterocycles. The molecule has 0 saturated heterocycles. The number of benzene rings is 2. The Kier molecular flexibility index (Phi) is 7.99. The van der Waals surface area contributed by atoms with Crippen molar-refractivity contribution in [2.24, 2.45) is 11.8 Å². The number of rotatable bonds is 10. The Bertz CT molecular complexity index is 791. The molecule has 150 valence electrons. The van der Waals surface area contributed by atoms with Gasteiger partial charge >= 0.3 is 5.97 Å². The Balaban J connectivity index is 1.90. The fraction of sp³-hybridized carbons (Fsp3) is 0.364. The lowest BCUT2D eigenvalue weighted by Gasteiger charge is -2.17. The summed E-state index contributed by atoms with van der Waals surface area (Å²) >= 11 is 0. The number of nitrogens with one attached hydrogen (secondary N) is 1. The van der Waals surface area contributed by atoms with Crippen molar-refractivity contribution in [3.63, 3.8) is 0 Å². The van der Waals surface area contributed by atoms with E-state index in [-0.39, 0.29) is 24.7 Å². The zero-order chi connectivity index (χ0) is 20.5. The van der Waals surface area contributed by atoms with Gasteiger partial charge in [-0.1, -0.05) is 37.3 Å². The molecule has 2 unspecified atom stereocenters. The van der Waals surface area contributed by atoms with Crippen molar-refractivity contribution in [3.05, 3.63) is 65.5 Å². The molecule has 0 spiro atoms. The van der Waals surface area contributed by atoms with Crippen LogP contribution in [0.5, 0.6) is 5.75 Å². The van der Waals surface area contributed by atoms with E-state index in [0.29, 0.717) is 18.6 Å². The molecule has 0 radical (unpaired) electrons. The van der Waals surface area contributed by atoms with Gasteiger partial charge in [0.2, 0.25) is 5.91 Å². The molecule has 0 aliphatic rings. The van der Waals surface area contributed by atoms with Crippen molar-refractivity contribution in [1.29, 1.82) is 0 Å². The first-order valence-corrected chi connectivity index (χ1v) is 9.36. The molecule has 0 bridgehead atoms. The predicted octanol–water partition coefficient (Wildman–Crippen LogP) is 3.46. The third kappa shape index (κ3) is 6.37. The van der Waals surface area contributed by atoms with Gasteiger partial charge in [0.05, 0.1) is 12.5 Å². The number of hydrogen-bond donors (Lipinski definition) is 2. The van der Waals surface area contributed by atoms with Crippen LogP contribution < -0.4 is 10.1 Å². The van der Waals surface area contributed by atoms with Crippen LogP contribution in [0, 0.1) is 17.7 Å². The Morgan fingerprint density at radius 2 is 1.79 bits per heavy atom. The van der Waals surface area contributed by atoms with Crippen LogP contribution in [0.4, 0.5) is 4.39 Å². The molecule has 2 aromatic rings. The first-order valence-electron chi connectivity index (χ1n) is 9.36. The van der Waals surface area contributed by atoms with E-state index in [1.54, 1.807) is 37.3 Å². The van der Waals surface area contributed by atoms with Gasteiger partial charge in [-0.3, -0.25) is 9.59 Å². The highest BCUT2D eigenvalue weighted by molar-refractivity contribution is 5.79. The van der Waals surface area contributed by atoms with E-state index < -0.39 is 17.8 Å². The quantitative estimate of drug-likeness (QED) is 0.655. The van der Waals surface area contributed by atoms with Gasteiger partial charge < -0.3 is 15.2 Å². The minimum absolute atomic E-state index is 0.0169. The number of carboxylic acids is 1. The monoisotopic (exact) mass is 387 g/mol. The molecule has 2 N–H and O–H groups in total. The second kappa shape index (κ2) is 10.4. The van der Waals surface area contributed by atoms with Gasteiger partial charge in [0.1, 0.15) is 11.6 Å². The summed E-state index contributed by atoms with van der Waals surface area (Å²) in [5, 5.41) is 12.2. The van der Waals surface area contributed by atoms with Crippen LogP contribution in [0.1, 0.15) is 25.0 Å². The molecule has 28 heavy (non-hydrogen) atoms. The van der Waals surface area contributed by atoms with Crippen molar-refractivity contribution >= 4 is 11.9 Å². The van der Waals surface area contributed by atoms with E-state index in [4.69, 9.17) is 4.74 Å². The molecule has 6 heteroatoms. The summed E-state index contributed by atoms with van der Waals surface area (Å²) in [4.78, 5) is 23.9. The lowest BCUT2D eigenvalue weighted by molar-refractivity contribution is -0.141. The first-order chi connectivity index (χ1) is 13.4. The van der Waals surface area contributed by atoms with E-state index in [0.717, 1.165) is 11.3 Å². The second-order valence-corrected chi connectivity index (χ2v) is 6.76. The average Bonchev–Trinajstić information content (AvgIpc) is 2.68. The predicted molar refractivity (Wildman–Crippen MR) is 105 cm³/mol. The van der Waals surface area contributed by atoms with Gasteiger partial charge in [-0.05, 0) is 49.1 Å². The molecule has 0 aromatic heterocycles. The summed E-state index contributed by atoms with van der Waals surface area (Å²) in [5.41, 5.74) is 1.32. The highest BCUT2D eigenvalue weighted by Gasteiger charge is 2.21. The molecule has 2 rings (SSSR count). The summed E-state index contributed by atoms with van der Waals surface area (Å²) < 4.78 is 19.1. The Morgan fingerprint density at radius 1 is 1.11 bits per heavy atom. The first kappa shape index (κ1) is 21.4. The Labute approximate surface area is 164 Å². The van der Waals surface area contributed by atoms with Gasteiger partial charge in [0.15, 0.2) is 0 Å². The maximum atomic E-state index is 13.7. The average molecular weight is 387 g/mol. The number of aliphatic carboxylic acids is 1. The molecule has 1 amide bonds. The molecule has 5 nitrogen and oxygen atoms in total. The normalized spacial score (nSPS) is 12.8. The lowest BCUT2D eigenvalue weighted by atomic mass is 9.97. The molecule has 0 aliphatic carbocycles. The summed E-state index contributed by atoms with van der Waals surface area (Å²) in [7, 11) is 0. The number of hydrogen-bond acceptors (Lipinski definition) is 3. The van der Waals surface area contributed by atoms with Crippen LogP contribution in [0.25, 0.3) is 0 Å². The fourth-order valence-corrected chi connectivity index (χ4v) is 2.90. The van der Waals surface area contributed by atoms with Gasteiger partial charge in [0.25, 0.3) is 0 Å². The topological polar surface area (TPSA) is 75.6 Å². The third-order valence-electron chi connectivity index (χ3n) is 4.52. The maximum Gasteiger partial charge on any atom is 0.308 e. The number of carboxylic acid groups (broad SMARTS) is 1. The Hall–Kier alpha value is -2.89. The smallest absolute Gasteiger partial charge is 0.308 e. The van der Waals surface area contributed by atoms with Gasteiger partial charge in [0, 0.05) is 12.5 Å². The van der Waals surface area contributed by atoms with Crippen molar-refractivity contribution < 1.29 is 23.8 Å². The van der Waals surface area contributed by atoms with Gasteiger partial charge in [-0.2, -0.15) is 0 Å². The third-order valence-corrected chi connectivity index (χ3v) is 4.52. The molecular weight excluding hydrogens is 361 g/mol. The lowest BCUT2D eigenvalue weighted by Crippen LogP contribution is -2.37. The van der Waals surface area contributed by atoms with E-state index in [1.165, 1.54) is 6.07 Å². The SMILES string of the molecule is CCOc1ccc(CC(CNC(=O)C(C)Cc2ccccc2F)C(=O)O)cc1. The van der Waals surface area contributed by atoms with Crippen LogP contribution in [-0.2, 0) is 22.4 Å². The van der Waals surface area contributed by atoms with Gasteiger partial charge in [-0.15, -0.1) is 0 Å². The van der Waals surface area contributed by atoms with E-state index in [1.807, 2.05) is 19.1 Å². The molecule has 0 fully saturated rings. The second-order valence-electron chi connectivity index (χ2n) is 6.76. The van der Waals surface area contributed by atoms with Crippen LogP contribution in [-0.4, -0.2) is 30.1 Å². The zero-order valence-corrected chi connectivity index (χ0v) is 16.2. The molecule has 2 atom stereocenters. The van der Waals surface area contributed by atoms with E-state index >= 15 is 0 Å². The van der Waals surface area contributed by atoms with Crippen LogP contribution >= 0.6 is 0 Å². The number of amides is 1. The molecule has 0 heterocycles. The number of carbonyl (C=O) groups is 2. The summed E-state index contributed by atoms with van der Waals surface area (Å²) in [6.45, 7) is 4.17. The zero-order valence-electron chi connectivity index (χ0n) is 16.2. The maximum absolute atomic E-state index is 13.7. The number of ether oxygens (including phenoxy) is 1. The number of carbonyl (C=O) groups excluding carboxylic acids is 1. The highest BCUT2D eigenvalue weighted by atomic mass is 19.1. The minimum Gasteiger partial charge on any atom is -0.494 e. The van der Waals surface area contributed by atoms with Crippen LogP contribution in [0.2, 0.25) is 0 Å². The largest absolute Gasteiger partial charge is 0.494 e.